The van der Waals surface area contributed by atoms with Crippen molar-refractivity contribution in [1.29, 1.82) is 0 Å². The largest absolute Gasteiger partial charge is 0.325 e. The van der Waals surface area contributed by atoms with Crippen molar-refractivity contribution < 1.29 is 9.63 Å². The monoisotopic (exact) mass is 430 g/mol. The number of carbonyl (C=O) groups excluding carboxylic acids is 1. The van der Waals surface area contributed by atoms with E-state index in [1.807, 2.05) is 25.1 Å². The van der Waals surface area contributed by atoms with Gasteiger partial charge < -0.3 is 4.57 Å². The van der Waals surface area contributed by atoms with Crippen LogP contribution in [-0.4, -0.2) is 39.2 Å². The van der Waals surface area contributed by atoms with E-state index in [2.05, 4.69) is 25.9 Å². The molecule has 8 heteroatoms. The molecule has 0 aliphatic carbocycles. The molecule has 0 aliphatic rings. The van der Waals surface area contributed by atoms with Crippen molar-refractivity contribution in [3.63, 3.8) is 0 Å². The van der Waals surface area contributed by atoms with Crippen LogP contribution in [-0.2, 0) is 11.4 Å². The summed E-state index contributed by atoms with van der Waals surface area (Å²) in [6.07, 6.45) is 1.53. The molecule has 7 nitrogen and oxygen atoms in total. The molecule has 0 bridgehead atoms. The zero-order chi connectivity index (χ0) is 19.6. The van der Waals surface area contributed by atoms with E-state index in [4.69, 9.17) is 4.84 Å². The lowest BCUT2D eigenvalue weighted by atomic mass is 10.1. The fourth-order valence-corrected chi connectivity index (χ4v) is 3.15. The first-order valence-corrected chi connectivity index (χ1v) is 9.23. The summed E-state index contributed by atoms with van der Waals surface area (Å²) >= 11 is 3.36. The van der Waals surface area contributed by atoms with Gasteiger partial charge in [-0.25, -0.2) is 15.0 Å². The molecule has 0 saturated carbocycles. The molecule has 0 spiro atoms. The second kappa shape index (κ2) is 7.98. The van der Waals surface area contributed by atoms with Crippen molar-refractivity contribution in [3.05, 3.63) is 68.3 Å². The van der Waals surface area contributed by atoms with Crippen molar-refractivity contribution in [2.75, 3.05) is 13.7 Å². The van der Waals surface area contributed by atoms with Crippen LogP contribution in [0.5, 0.6) is 0 Å². The molecule has 27 heavy (non-hydrogen) atoms. The van der Waals surface area contributed by atoms with Crippen LogP contribution in [0.2, 0.25) is 0 Å². The van der Waals surface area contributed by atoms with Crippen LogP contribution in [0.25, 0.3) is 11.0 Å². The van der Waals surface area contributed by atoms with E-state index in [1.165, 1.54) is 13.2 Å². The van der Waals surface area contributed by atoms with E-state index in [1.54, 1.807) is 23.6 Å². The van der Waals surface area contributed by atoms with Gasteiger partial charge in [-0.05, 0) is 54.0 Å². The van der Waals surface area contributed by atoms with Gasteiger partial charge in [0.25, 0.3) is 5.91 Å². The minimum absolute atomic E-state index is 0.0269. The first-order valence-electron chi connectivity index (χ1n) is 8.44. The van der Waals surface area contributed by atoms with Crippen molar-refractivity contribution in [2.24, 2.45) is 0 Å². The molecule has 3 rings (SSSR count). The minimum atomic E-state index is -0.500. The summed E-state index contributed by atoms with van der Waals surface area (Å²) in [5, 5.41) is 1.46. The van der Waals surface area contributed by atoms with Gasteiger partial charge in [0.15, 0.2) is 0 Å². The van der Waals surface area contributed by atoms with Gasteiger partial charge in [-0.2, -0.15) is 0 Å². The van der Waals surface area contributed by atoms with Gasteiger partial charge >= 0.3 is 0 Å². The van der Waals surface area contributed by atoms with Gasteiger partial charge in [-0.3, -0.25) is 14.4 Å². The van der Waals surface area contributed by atoms with E-state index < -0.39 is 5.91 Å². The average molecular weight is 431 g/mol. The van der Waals surface area contributed by atoms with Gasteiger partial charge in [0.2, 0.25) is 5.43 Å². The summed E-state index contributed by atoms with van der Waals surface area (Å²) in [4.78, 5) is 39.7. The van der Waals surface area contributed by atoms with E-state index in [9.17, 15) is 9.59 Å². The molecule has 0 N–H and O–H groups in total. The third-order valence-electron chi connectivity index (χ3n) is 4.00. The van der Waals surface area contributed by atoms with E-state index in [0.717, 1.165) is 16.5 Å². The van der Waals surface area contributed by atoms with E-state index in [0.29, 0.717) is 28.8 Å². The third kappa shape index (κ3) is 4.06. The van der Waals surface area contributed by atoms with Crippen molar-refractivity contribution in [2.45, 2.75) is 20.4 Å². The summed E-state index contributed by atoms with van der Waals surface area (Å²) in [5.41, 5.74) is 1.72. The number of rotatable bonds is 5. The zero-order valence-corrected chi connectivity index (χ0v) is 16.9. The Balaban J connectivity index is 2.18. The fraction of sp³-hybridized carbons (Fsp3) is 0.263. The summed E-state index contributed by atoms with van der Waals surface area (Å²) in [7, 11) is 1.49. The Morgan fingerprint density at radius 2 is 2.04 bits per heavy atom. The summed E-state index contributed by atoms with van der Waals surface area (Å²) in [6.45, 7) is 4.32. The lowest BCUT2D eigenvalue weighted by Crippen LogP contribution is -2.32. The lowest BCUT2D eigenvalue weighted by Gasteiger charge is -2.17. The molecular weight excluding hydrogens is 412 g/mol. The van der Waals surface area contributed by atoms with Crippen LogP contribution in [0.4, 0.5) is 0 Å². The number of aromatic nitrogens is 3. The number of halogens is 1. The number of nitrogens with zero attached hydrogens (tertiary/aromatic N) is 4. The van der Waals surface area contributed by atoms with Gasteiger partial charge in [-0.1, -0.05) is 6.07 Å². The predicted molar refractivity (Wildman–Crippen MR) is 105 cm³/mol. The highest BCUT2D eigenvalue weighted by molar-refractivity contribution is 9.10. The number of carbonyl (C=O) groups is 1. The summed E-state index contributed by atoms with van der Waals surface area (Å²) in [5.74, 6) is -0.500. The third-order valence-corrected chi connectivity index (χ3v) is 4.45. The van der Waals surface area contributed by atoms with Gasteiger partial charge in [-0.15, -0.1) is 0 Å². The number of hydrogen-bond donors (Lipinski definition) is 0. The van der Waals surface area contributed by atoms with E-state index in [-0.39, 0.29) is 11.0 Å². The standard InChI is InChI=1S/C19H19BrN4O3/c1-4-27-23(3)19(26)15-11-24(10-13-6-5-7-16(20)22-13)18-14(17(15)25)9-8-12(2)21-18/h5-9,11H,4,10H2,1-3H3. The van der Waals surface area contributed by atoms with Gasteiger partial charge in [0.05, 0.1) is 24.2 Å². The molecule has 0 unspecified atom stereocenters. The Morgan fingerprint density at radius 3 is 2.74 bits per heavy atom. The van der Waals surface area contributed by atoms with Crippen molar-refractivity contribution in [1.82, 2.24) is 19.6 Å². The first-order chi connectivity index (χ1) is 12.9. The number of hydrogen-bond acceptors (Lipinski definition) is 5. The molecular formula is C19H19BrN4O3. The van der Waals surface area contributed by atoms with Crippen LogP contribution in [0.15, 0.2) is 45.9 Å². The molecule has 0 fully saturated rings. The molecule has 0 radical (unpaired) electrons. The average Bonchev–Trinajstić information content (AvgIpc) is 2.63. The first kappa shape index (κ1) is 19.2. The highest BCUT2D eigenvalue weighted by Gasteiger charge is 2.20. The second-order valence-electron chi connectivity index (χ2n) is 6.00. The van der Waals surface area contributed by atoms with Gasteiger partial charge in [0.1, 0.15) is 15.8 Å². The molecule has 0 aromatic carbocycles. The zero-order valence-electron chi connectivity index (χ0n) is 15.3. The number of aryl methyl sites for hydroxylation is 1. The Bertz CT molecular complexity index is 1060. The molecule has 0 atom stereocenters. The van der Waals surface area contributed by atoms with E-state index >= 15 is 0 Å². The Hall–Kier alpha value is -2.58. The number of pyridine rings is 3. The Labute approximate surface area is 164 Å². The topological polar surface area (TPSA) is 77.3 Å². The molecule has 3 aromatic heterocycles. The highest BCUT2D eigenvalue weighted by Crippen LogP contribution is 2.15. The van der Waals surface area contributed by atoms with Crippen molar-refractivity contribution in [3.8, 4) is 0 Å². The maximum Gasteiger partial charge on any atom is 0.282 e. The molecule has 140 valence electrons. The molecule has 1 amide bonds. The van der Waals surface area contributed by atoms with Crippen molar-refractivity contribution >= 4 is 32.9 Å². The highest BCUT2D eigenvalue weighted by atomic mass is 79.9. The van der Waals surface area contributed by atoms with Crippen LogP contribution in [0, 0.1) is 6.92 Å². The number of hydroxylamine groups is 2. The molecule has 0 saturated heterocycles. The maximum absolute atomic E-state index is 12.9. The Kier molecular flexibility index (Phi) is 5.67. The van der Waals surface area contributed by atoms with Crippen LogP contribution < -0.4 is 5.43 Å². The maximum atomic E-state index is 12.9. The second-order valence-corrected chi connectivity index (χ2v) is 6.81. The lowest BCUT2D eigenvalue weighted by molar-refractivity contribution is -0.100. The number of amides is 1. The van der Waals surface area contributed by atoms with Crippen LogP contribution in [0.1, 0.15) is 28.7 Å². The molecule has 0 aliphatic heterocycles. The minimum Gasteiger partial charge on any atom is -0.325 e. The van der Waals surface area contributed by atoms with Gasteiger partial charge in [0, 0.05) is 18.9 Å². The normalized spacial score (nSPS) is 11.0. The molecule has 3 heterocycles. The summed E-state index contributed by atoms with van der Waals surface area (Å²) in [6, 6.07) is 9.04. The fourth-order valence-electron chi connectivity index (χ4n) is 2.77. The SMILES string of the molecule is CCON(C)C(=O)c1cn(Cc2cccc(Br)n2)c2nc(C)ccc2c1=O. The van der Waals surface area contributed by atoms with Crippen LogP contribution >= 0.6 is 15.9 Å². The van der Waals surface area contributed by atoms with Crippen LogP contribution in [0.3, 0.4) is 0 Å². The predicted octanol–water partition coefficient (Wildman–Crippen LogP) is 2.93. The quantitative estimate of drug-likeness (QED) is 0.459. The smallest absolute Gasteiger partial charge is 0.282 e. The Morgan fingerprint density at radius 1 is 1.26 bits per heavy atom. The molecule has 3 aromatic rings. The number of fused-ring (bicyclic) bond motifs is 1. The summed E-state index contributed by atoms with van der Waals surface area (Å²) < 4.78 is 2.48.